The molecule has 0 bridgehead atoms. The van der Waals surface area contributed by atoms with Gasteiger partial charge in [-0.2, -0.15) is 0 Å². The number of amides is 1. The molecule has 6 heteroatoms. The third-order valence-electron chi connectivity index (χ3n) is 5.01. The molecule has 0 aliphatic carbocycles. The molecule has 2 atom stereocenters. The lowest BCUT2D eigenvalue weighted by Gasteiger charge is -2.28. The molecule has 2 unspecified atom stereocenters. The van der Waals surface area contributed by atoms with Crippen molar-refractivity contribution in [3.63, 3.8) is 0 Å². The second-order valence-corrected chi connectivity index (χ2v) is 8.84. The van der Waals surface area contributed by atoms with Crippen molar-refractivity contribution in [1.29, 1.82) is 0 Å². The average Bonchev–Trinajstić information content (AvgIpc) is 3.02. The fraction of sp³-hybridized carbons (Fsp3) is 0.381. The van der Waals surface area contributed by atoms with E-state index in [1.807, 2.05) is 42.2 Å². The Labute approximate surface area is 161 Å². The molecule has 1 saturated heterocycles. The highest BCUT2D eigenvalue weighted by Crippen LogP contribution is 2.26. The van der Waals surface area contributed by atoms with Crippen LogP contribution in [0.15, 0.2) is 54.6 Å². The molecule has 2 aromatic carbocycles. The number of hydrogen-bond donors (Lipinski definition) is 1. The van der Waals surface area contributed by atoms with E-state index in [1.165, 1.54) is 6.26 Å². The van der Waals surface area contributed by atoms with E-state index in [1.54, 1.807) is 0 Å². The molecule has 1 aliphatic rings. The molecule has 144 valence electrons. The summed E-state index contributed by atoms with van der Waals surface area (Å²) in [4.78, 5) is 14.2. The van der Waals surface area contributed by atoms with Gasteiger partial charge in [0.05, 0.1) is 12.3 Å². The van der Waals surface area contributed by atoms with Gasteiger partial charge >= 0.3 is 0 Å². The zero-order chi connectivity index (χ0) is 19.4. The van der Waals surface area contributed by atoms with Gasteiger partial charge in [0, 0.05) is 19.0 Å². The van der Waals surface area contributed by atoms with Gasteiger partial charge < -0.3 is 4.90 Å². The monoisotopic (exact) mass is 386 g/mol. The fourth-order valence-electron chi connectivity index (χ4n) is 3.78. The molecule has 3 rings (SSSR count). The van der Waals surface area contributed by atoms with E-state index in [2.05, 4.69) is 29.0 Å². The maximum atomic E-state index is 12.4. The minimum Gasteiger partial charge on any atom is -0.338 e. The number of rotatable bonds is 6. The molecule has 0 saturated carbocycles. The summed E-state index contributed by atoms with van der Waals surface area (Å²) in [6, 6.07) is 17.9. The Hall–Kier alpha value is -2.18. The molecule has 5 nitrogen and oxygen atoms in total. The number of nitrogens with one attached hydrogen (secondary N) is 1. The normalized spacial score (nSPS) is 20.0. The van der Waals surface area contributed by atoms with Crippen LogP contribution in [0.25, 0.3) is 11.1 Å². The van der Waals surface area contributed by atoms with Crippen molar-refractivity contribution in [3.05, 3.63) is 60.2 Å². The summed E-state index contributed by atoms with van der Waals surface area (Å²) in [5.74, 6) is 0.0667. The molecule has 27 heavy (non-hydrogen) atoms. The van der Waals surface area contributed by atoms with E-state index in [9.17, 15) is 13.2 Å². The van der Waals surface area contributed by atoms with Crippen LogP contribution in [0, 0.1) is 0 Å². The third-order valence-corrected chi connectivity index (χ3v) is 5.74. The lowest BCUT2D eigenvalue weighted by atomic mass is 9.97. The summed E-state index contributed by atoms with van der Waals surface area (Å²) < 4.78 is 26.2. The Kier molecular flexibility index (Phi) is 5.97. The molecule has 1 amide bonds. The van der Waals surface area contributed by atoms with Gasteiger partial charge in [0.15, 0.2) is 0 Å². The van der Waals surface area contributed by atoms with E-state index in [-0.39, 0.29) is 18.0 Å². The molecule has 0 radical (unpaired) electrons. The van der Waals surface area contributed by atoms with Crippen LogP contribution in [0.4, 0.5) is 0 Å². The molecule has 2 aromatic rings. The highest BCUT2D eigenvalue weighted by molar-refractivity contribution is 7.88. The third kappa shape index (κ3) is 4.96. The van der Waals surface area contributed by atoms with Crippen molar-refractivity contribution < 1.29 is 13.2 Å². The zero-order valence-electron chi connectivity index (χ0n) is 15.8. The summed E-state index contributed by atoms with van der Waals surface area (Å²) in [6.07, 6.45) is 2.86. The van der Waals surface area contributed by atoms with Crippen LogP contribution in [-0.2, 0) is 21.2 Å². The van der Waals surface area contributed by atoms with Gasteiger partial charge in [0.2, 0.25) is 15.9 Å². The van der Waals surface area contributed by atoms with Gasteiger partial charge in [-0.15, -0.1) is 0 Å². The Balaban J connectivity index is 1.86. The fourth-order valence-corrected chi connectivity index (χ4v) is 4.61. The molecule has 1 heterocycles. The molecule has 0 aromatic heterocycles. The van der Waals surface area contributed by atoms with Gasteiger partial charge in [0.1, 0.15) is 0 Å². The van der Waals surface area contributed by atoms with Crippen LogP contribution < -0.4 is 4.72 Å². The van der Waals surface area contributed by atoms with Crippen molar-refractivity contribution >= 4 is 15.9 Å². The lowest BCUT2D eigenvalue weighted by molar-refractivity contribution is -0.131. The van der Waals surface area contributed by atoms with E-state index in [0.29, 0.717) is 25.8 Å². The lowest BCUT2D eigenvalue weighted by Crippen LogP contribution is -2.47. The zero-order valence-corrected chi connectivity index (χ0v) is 16.6. The summed E-state index contributed by atoms with van der Waals surface area (Å²) in [5.41, 5.74) is 3.35. The first-order valence-electron chi connectivity index (χ1n) is 9.28. The maximum absolute atomic E-state index is 12.4. The van der Waals surface area contributed by atoms with E-state index in [0.717, 1.165) is 16.7 Å². The SMILES string of the molecule is CCC(=O)N1CCC(NS(C)(=O)=O)C1Cc1cccc(-c2ccccc2)c1. The largest absolute Gasteiger partial charge is 0.338 e. The smallest absolute Gasteiger partial charge is 0.222 e. The highest BCUT2D eigenvalue weighted by Gasteiger charge is 2.37. The van der Waals surface area contributed by atoms with Crippen LogP contribution >= 0.6 is 0 Å². The quantitative estimate of drug-likeness (QED) is 0.830. The highest BCUT2D eigenvalue weighted by atomic mass is 32.2. The van der Waals surface area contributed by atoms with Crippen LogP contribution in [-0.4, -0.2) is 44.1 Å². The maximum Gasteiger partial charge on any atom is 0.222 e. The molecular weight excluding hydrogens is 360 g/mol. The number of carbonyl (C=O) groups excluding carboxylic acids is 1. The van der Waals surface area contributed by atoms with Crippen molar-refractivity contribution in [3.8, 4) is 11.1 Å². The second-order valence-electron chi connectivity index (χ2n) is 7.06. The van der Waals surface area contributed by atoms with Crippen molar-refractivity contribution in [2.75, 3.05) is 12.8 Å². The number of sulfonamides is 1. The van der Waals surface area contributed by atoms with Gasteiger partial charge in [-0.05, 0) is 29.5 Å². The van der Waals surface area contributed by atoms with Crippen LogP contribution in [0.5, 0.6) is 0 Å². The summed E-state index contributed by atoms with van der Waals surface area (Å²) in [5, 5.41) is 0. The van der Waals surface area contributed by atoms with Gasteiger partial charge in [-0.25, -0.2) is 13.1 Å². The summed E-state index contributed by atoms with van der Waals surface area (Å²) in [6.45, 7) is 2.43. The van der Waals surface area contributed by atoms with Crippen molar-refractivity contribution in [2.45, 2.75) is 38.3 Å². The van der Waals surface area contributed by atoms with E-state index in [4.69, 9.17) is 0 Å². The molecule has 1 N–H and O–H groups in total. The average molecular weight is 387 g/mol. The van der Waals surface area contributed by atoms with E-state index >= 15 is 0 Å². The Bertz CT molecular complexity index is 897. The van der Waals surface area contributed by atoms with Crippen LogP contribution in [0.1, 0.15) is 25.3 Å². The van der Waals surface area contributed by atoms with Crippen molar-refractivity contribution in [1.82, 2.24) is 9.62 Å². The first-order chi connectivity index (χ1) is 12.9. The van der Waals surface area contributed by atoms with Crippen LogP contribution in [0.3, 0.4) is 0 Å². The summed E-state index contributed by atoms with van der Waals surface area (Å²) in [7, 11) is -3.33. The summed E-state index contributed by atoms with van der Waals surface area (Å²) >= 11 is 0. The molecule has 0 spiro atoms. The Morgan fingerprint density at radius 3 is 2.48 bits per heavy atom. The first kappa shape index (κ1) is 19.6. The van der Waals surface area contributed by atoms with Crippen LogP contribution in [0.2, 0.25) is 0 Å². The number of hydrogen-bond acceptors (Lipinski definition) is 3. The second kappa shape index (κ2) is 8.23. The number of benzene rings is 2. The minimum atomic E-state index is -3.33. The first-order valence-corrected chi connectivity index (χ1v) is 11.2. The topological polar surface area (TPSA) is 66.5 Å². The standard InChI is InChI=1S/C21H26N2O3S/c1-3-21(24)23-13-12-19(22-27(2,25)26)20(23)15-16-8-7-11-18(14-16)17-9-5-4-6-10-17/h4-11,14,19-20,22H,3,12-13,15H2,1-2H3. The number of carbonyl (C=O) groups is 1. The predicted octanol–water partition coefficient (Wildman–Crippen LogP) is 2.82. The molecular formula is C21H26N2O3S. The van der Waals surface area contributed by atoms with Crippen molar-refractivity contribution in [2.24, 2.45) is 0 Å². The number of nitrogens with zero attached hydrogens (tertiary/aromatic N) is 1. The van der Waals surface area contributed by atoms with Gasteiger partial charge in [-0.1, -0.05) is 61.5 Å². The molecule has 1 aliphatic heterocycles. The minimum absolute atomic E-state index is 0.0667. The van der Waals surface area contributed by atoms with E-state index < -0.39 is 10.0 Å². The van der Waals surface area contributed by atoms with Gasteiger partial charge in [0.25, 0.3) is 0 Å². The number of likely N-dealkylation sites (tertiary alicyclic amines) is 1. The predicted molar refractivity (Wildman–Crippen MR) is 108 cm³/mol. The van der Waals surface area contributed by atoms with Gasteiger partial charge in [-0.3, -0.25) is 4.79 Å². The molecule has 1 fully saturated rings. The Morgan fingerprint density at radius 1 is 1.11 bits per heavy atom. The Morgan fingerprint density at radius 2 is 1.81 bits per heavy atom.